The van der Waals surface area contributed by atoms with E-state index in [9.17, 15) is 0 Å². The Bertz CT molecular complexity index is 482. The zero-order valence-corrected chi connectivity index (χ0v) is 11.4. The maximum atomic E-state index is 8.65. The smallest absolute Gasteiger partial charge is 0.141 e. The molecule has 0 aromatic heterocycles. The highest BCUT2D eigenvalue weighted by molar-refractivity contribution is 5.80. The van der Waals surface area contributed by atoms with Gasteiger partial charge in [-0.2, -0.15) is 0 Å². The van der Waals surface area contributed by atoms with E-state index in [-0.39, 0.29) is 5.41 Å². The van der Waals surface area contributed by atoms with Crippen molar-refractivity contribution in [3.05, 3.63) is 23.8 Å². The van der Waals surface area contributed by atoms with Gasteiger partial charge in [0.25, 0.3) is 0 Å². The first-order valence-corrected chi connectivity index (χ1v) is 6.43. The lowest BCUT2D eigenvalue weighted by atomic mass is 10.0. The molecular weight excluding hydrogens is 242 g/mol. The molecule has 0 atom stereocenters. The summed E-state index contributed by atoms with van der Waals surface area (Å²) in [4.78, 5) is 0. The average Bonchev–Trinajstić information content (AvgIpc) is 3.16. The minimum Gasteiger partial charge on any atom is -0.495 e. The highest BCUT2D eigenvalue weighted by Gasteiger charge is 2.43. The topological polar surface area (TPSA) is 79.9 Å². The standard InChI is InChI=1S/C14H21N3O2/c1-10-3-4-12(19-2)11(7-10)16-9-14(5-6-14)8-13(15)17-18/h3-4,7,16,18H,5-6,8-9H2,1-2H3,(H2,15,17). The fraction of sp³-hybridized carbons (Fsp3) is 0.500. The van der Waals surface area contributed by atoms with Crippen LogP contribution in [0.3, 0.4) is 0 Å². The number of hydrogen-bond donors (Lipinski definition) is 3. The monoisotopic (exact) mass is 263 g/mol. The number of hydrogen-bond acceptors (Lipinski definition) is 4. The van der Waals surface area contributed by atoms with Crippen molar-refractivity contribution >= 4 is 11.5 Å². The summed E-state index contributed by atoms with van der Waals surface area (Å²) in [7, 11) is 1.67. The van der Waals surface area contributed by atoms with Crippen molar-refractivity contribution in [1.29, 1.82) is 0 Å². The lowest BCUT2D eigenvalue weighted by Gasteiger charge is -2.18. The predicted octanol–water partition coefficient (Wildman–Crippen LogP) is 2.33. The number of nitrogens with zero attached hydrogens (tertiary/aromatic N) is 1. The van der Waals surface area contributed by atoms with Crippen LogP contribution in [0, 0.1) is 12.3 Å². The SMILES string of the molecule is COc1ccc(C)cc1NCC1(CC(N)=NO)CC1. The first-order valence-electron chi connectivity index (χ1n) is 6.43. The van der Waals surface area contributed by atoms with Crippen LogP contribution in [0.15, 0.2) is 23.4 Å². The normalized spacial score (nSPS) is 17.1. The number of ether oxygens (including phenoxy) is 1. The average molecular weight is 263 g/mol. The van der Waals surface area contributed by atoms with Crippen molar-refractivity contribution in [2.45, 2.75) is 26.2 Å². The number of rotatable bonds is 6. The molecule has 1 saturated carbocycles. The van der Waals surface area contributed by atoms with Crippen LogP contribution in [0.1, 0.15) is 24.8 Å². The van der Waals surface area contributed by atoms with Gasteiger partial charge in [-0.1, -0.05) is 11.2 Å². The van der Waals surface area contributed by atoms with Gasteiger partial charge in [0.05, 0.1) is 12.8 Å². The molecule has 2 rings (SSSR count). The number of nitrogens with two attached hydrogens (primary N) is 1. The van der Waals surface area contributed by atoms with Crippen LogP contribution < -0.4 is 15.8 Å². The molecular formula is C14H21N3O2. The summed E-state index contributed by atoms with van der Waals surface area (Å²) < 4.78 is 5.34. The van der Waals surface area contributed by atoms with Gasteiger partial charge in [0.15, 0.2) is 0 Å². The lowest BCUT2D eigenvalue weighted by molar-refractivity contribution is 0.315. The molecule has 1 aliphatic carbocycles. The van der Waals surface area contributed by atoms with Gasteiger partial charge >= 0.3 is 0 Å². The summed E-state index contributed by atoms with van der Waals surface area (Å²) in [6.07, 6.45) is 2.83. The molecule has 104 valence electrons. The van der Waals surface area contributed by atoms with Crippen LogP contribution >= 0.6 is 0 Å². The molecule has 0 aliphatic heterocycles. The second-order valence-corrected chi connectivity index (χ2v) is 5.33. The Hall–Kier alpha value is -1.91. The van der Waals surface area contributed by atoms with E-state index in [1.165, 1.54) is 5.56 Å². The third-order valence-electron chi connectivity index (χ3n) is 3.65. The Morgan fingerprint density at radius 2 is 2.26 bits per heavy atom. The third-order valence-corrected chi connectivity index (χ3v) is 3.65. The minimum atomic E-state index is 0.130. The Morgan fingerprint density at radius 1 is 1.53 bits per heavy atom. The second kappa shape index (κ2) is 5.38. The van der Waals surface area contributed by atoms with Crippen LogP contribution in [0.5, 0.6) is 5.75 Å². The lowest BCUT2D eigenvalue weighted by Crippen LogP contribution is -2.23. The van der Waals surface area contributed by atoms with E-state index < -0.39 is 0 Å². The van der Waals surface area contributed by atoms with Crippen LogP contribution in [-0.2, 0) is 0 Å². The summed E-state index contributed by atoms with van der Waals surface area (Å²) in [6, 6.07) is 6.05. The van der Waals surface area contributed by atoms with Gasteiger partial charge in [-0.25, -0.2) is 0 Å². The molecule has 1 fully saturated rings. The zero-order chi connectivity index (χ0) is 13.9. The van der Waals surface area contributed by atoms with E-state index >= 15 is 0 Å². The van der Waals surface area contributed by atoms with Crippen molar-refractivity contribution in [1.82, 2.24) is 0 Å². The maximum Gasteiger partial charge on any atom is 0.141 e. The number of aryl methyl sites for hydroxylation is 1. The molecule has 0 saturated heterocycles. The second-order valence-electron chi connectivity index (χ2n) is 5.33. The van der Waals surface area contributed by atoms with Gasteiger partial charge in [-0.05, 0) is 42.9 Å². The van der Waals surface area contributed by atoms with Gasteiger partial charge in [0, 0.05) is 13.0 Å². The predicted molar refractivity (Wildman–Crippen MR) is 75.9 cm³/mol. The summed E-state index contributed by atoms with van der Waals surface area (Å²) in [6.45, 7) is 2.86. The van der Waals surface area contributed by atoms with E-state index in [1.54, 1.807) is 7.11 Å². The van der Waals surface area contributed by atoms with Crippen LogP contribution in [-0.4, -0.2) is 24.7 Å². The Labute approximate surface area is 113 Å². The van der Waals surface area contributed by atoms with E-state index in [1.807, 2.05) is 19.1 Å². The molecule has 0 amide bonds. The van der Waals surface area contributed by atoms with E-state index in [4.69, 9.17) is 15.7 Å². The number of methoxy groups -OCH3 is 1. The molecule has 19 heavy (non-hydrogen) atoms. The van der Waals surface area contributed by atoms with Gasteiger partial charge in [0.1, 0.15) is 11.6 Å². The molecule has 0 heterocycles. The summed E-state index contributed by atoms with van der Waals surface area (Å²) in [5, 5.41) is 15.1. The van der Waals surface area contributed by atoms with Gasteiger partial charge in [-0.3, -0.25) is 0 Å². The molecule has 1 aromatic carbocycles. The Balaban J connectivity index is 2.01. The van der Waals surface area contributed by atoms with Crippen molar-refractivity contribution in [2.24, 2.45) is 16.3 Å². The number of benzene rings is 1. The largest absolute Gasteiger partial charge is 0.495 e. The molecule has 0 unspecified atom stereocenters. The first-order chi connectivity index (χ1) is 9.08. The van der Waals surface area contributed by atoms with Crippen LogP contribution in [0.25, 0.3) is 0 Å². The number of oxime groups is 1. The van der Waals surface area contributed by atoms with Gasteiger partial charge in [0.2, 0.25) is 0 Å². The van der Waals surface area contributed by atoms with E-state index in [0.717, 1.165) is 30.8 Å². The molecule has 4 N–H and O–H groups in total. The highest BCUT2D eigenvalue weighted by atomic mass is 16.5. The van der Waals surface area contributed by atoms with Gasteiger partial charge < -0.3 is 21.0 Å². The maximum absolute atomic E-state index is 8.65. The van der Waals surface area contributed by atoms with Crippen LogP contribution in [0.4, 0.5) is 5.69 Å². The van der Waals surface area contributed by atoms with Crippen molar-refractivity contribution < 1.29 is 9.94 Å². The molecule has 5 nitrogen and oxygen atoms in total. The molecule has 0 bridgehead atoms. The number of nitrogens with one attached hydrogen (secondary N) is 1. The number of amidine groups is 1. The fourth-order valence-electron chi connectivity index (χ4n) is 2.26. The fourth-order valence-corrected chi connectivity index (χ4v) is 2.26. The third kappa shape index (κ3) is 3.30. The molecule has 1 aliphatic rings. The van der Waals surface area contributed by atoms with Crippen molar-refractivity contribution in [2.75, 3.05) is 19.0 Å². The molecule has 0 radical (unpaired) electrons. The summed E-state index contributed by atoms with van der Waals surface area (Å²) in [5.41, 5.74) is 7.90. The van der Waals surface area contributed by atoms with Crippen LogP contribution in [0.2, 0.25) is 0 Å². The summed E-state index contributed by atoms with van der Waals surface area (Å²) in [5.74, 6) is 1.14. The van der Waals surface area contributed by atoms with Crippen molar-refractivity contribution in [3.63, 3.8) is 0 Å². The molecule has 0 spiro atoms. The van der Waals surface area contributed by atoms with Gasteiger partial charge in [-0.15, -0.1) is 0 Å². The highest BCUT2D eigenvalue weighted by Crippen LogP contribution is 2.49. The minimum absolute atomic E-state index is 0.130. The quantitative estimate of drug-likeness (QED) is 0.318. The Morgan fingerprint density at radius 3 is 2.84 bits per heavy atom. The molecule has 5 heteroatoms. The van der Waals surface area contributed by atoms with Crippen molar-refractivity contribution in [3.8, 4) is 5.75 Å². The Kier molecular flexibility index (Phi) is 3.83. The zero-order valence-electron chi connectivity index (χ0n) is 11.4. The summed E-state index contributed by atoms with van der Waals surface area (Å²) >= 11 is 0. The number of anilines is 1. The molecule has 1 aromatic rings. The first kappa shape index (κ1) is 13.5. The van der Waals surface area contributed by atoms with E-state index in [0.29, 0.717) is 12.3 Å². The van der Waals surface area contributed by atoms with E-state index in [2.05, 4.69) is 16.5 Å².